The molecule has 0 amide bonds. The molecule has 2 heteroatoms. The maximum Gasteiger partial charge on any atom is 0.0338 e. The third kappa shape index (κ3) is 3.22. The molecule has 1 aliphatic carbocycles. The Bertz CT molecular complexity index is 579. The summed E-state index contributed by atoms with van der Waals surface area (Å²) in [4.78, 5) is 6.60. The molecule has 1 atom stereocenters. The molecule has 22 heavy (non-hydrogen) atoms. The number of fused-ring (bicyclic) bond motifs is 1. The van der Waals surface area contributed by atoms with Crippen molar-refractivity contribution in [2.45, 2.75) is 44.6 Å². The fourth-order valence-corrected chi connectivity index (χ4v) is 3.89. The summed E-state index contributed by atoms with van der Waals surface area (Å²) in [6.45, 7) is 10.1. The third-order valence-corrected chi connectivity index (χ3v) is 5.14. The first-order chi connectivity index (χ1) is 10.8. The van der Waals surface area contributed by atoms with Crippen LogP contribution in [0.5, 0.6) is 0 Å². The fourth-order valence-electron chi connectivity index (χ4n) is 3.89. The van der Waals surface area contributed by atoms with Gasteiger partial charge in [0.15, 0.2) is 0 Å². The monoisotopic (exact) mass is 294 g/mol. The predicted molar refractivity (Wildman–Crippen MR) is 95.4 cm³/mol. The second-order valence-corrected chi connectivity index (χ2v) is 6.43. The number of allylic oxidation sites excluding steroid dienone is 2. The van der Waals surface area contributed by atoms with Crippen LogP contribution in [0.3, 0.4) is 0 Å². The van der Waals surface area contributed by atoms with Gasteiger partial charge >= 0.3 is 0 Å². The smallest absolute Gasteiger partial charge is 0.0338 e. The van der Waals surface area contributed by atoms with Crippen molar-refractivity contribution in [1.82, 2.24) is 4.90 Å². The van der Waals surface area contributed by atoms with Crippen LogP contribution >= 0.6 is 0 Å². The van der Waals surface area contributed by atoms with Crippen molar-refractivity contribution in [3.05, 3.63) is 53.7 Å². The van der Waals surface area contributed by atoms with Crippen molar-refractivity contribution in [3.8, 4) is 0 Å². The Morgan fingerprint density at radius 3 is 2.55 bits per heavy atom. The van der Waals surface area contributed by atoms with E-state index in [-0.39, 0.29) is 0 Å². The zero-order valence-corrected chi connectivity index (χ0v) is 13.4. The largest absolute Gasteiger partial charge is 0.300 e. The number of hydrogen-bond acceptors (Lipinski definition) is 2. The van der Waals surface area contributed by atoms with Crippen molar-refractivity contribution in [3.63, 3.8) is 0 Å². The highest BCUT2D eigenvalue weighted by Gasteiger charge is 2.24. The van der Waals surface area contributed by atoms with Crippen molar-refractivity contribution in [2.24, 2.45) is 4.99 Å². The van der Waals surface area contributed by atoms with E-state index in [0.29, 0.717) is 0 Å². The summed E-state index contributed by atoms with van der Waals surface area (Å²) >= 11 is 0. The molecule has 1 heterocycles. The predicted octanol–water partition coefficient (Wildman–Crippen LogP) is 4.26. The molecule has 1 unspecified atom stereocenters. The lowest BCUT2D eigenvalue weighted by molar-refractivity contribution is 0.222. The van der Waals surface area contributed by atoms with Crippen LogP contribution in [0.2, 0.25) is 0 Å². The van der Waals surface area contributed by atoms with Gasteiger partial charge in [0.2, 0.25) is 0 Å². The highest BCUT2D eigenvalue weighted by atomic mass is 15.2. The zero-order valence-electron chi connectivity index (χ0n) is 13.4. The van der Waals surface area contributed by atoms with Crippen LogP contribution < -0.4 is 0 Å². The summed E-state index contributed by atoms with van der Waals surface area (Å²) in [5.41, 5.74) is 5.30. The van der Waals surface area contributed by atoms with Gasteiger partial charge in [0.25, 0.3) is 0 Å². The Morgan fingerprint density at radius 1 is 1.14 bits per heavy atom. The zero-order chi connectivity index (χ0) is 15.4. The van der Waals surface area contributed by atoms with Gasteiger partial charge in [0, 0.05) is 12.2 Å². The number of benzene rings is 1. The maximum atomic E-state index is 3.89. The average molecular weight is 294 g/mol. The molecule has 0 N–H and O–H groups in total. The summed E-state index contributed by atoms with van der Waals surface area (Å²) < 4.78 is 0. The molecule has 0 saturated carbocycles. The number of aliphatic imine (C=N–C) groups is 1. The summed E-state index contributed by atoms with van der Waals surface area (Å²) in [6.07, 6.45) is 11.4. The Kier molecular flexibility index (Phi) is 4.89. The van der Waals surface area contributed by atoms with E-state index in [0.717, 1.165) is 11.6 Å². The molecule has 1 saturated heterocycles. The van der Waals surface area contributed by atoms with E-state index in [1.807, 2.05) is 6.08 Å². The molecule has 3 rings (SSSR count). The molecule has 1 aliphatic heterocycles. The quantitative estimate of drug-likeness (QED) is 0.460. The number of likely N-dealkylation sites (tertiary alicyclic amines) is 1. The van der Waals surface area contributed by atoms with Gasteiger partial charge in [0.1, 0.15) is 0 Å². The van der Waals surface area contributed by atoms with Crippen LogP contribution in [0.15, 0.2) is 42.0 Å². The molecule has 2 nitrogen and oxygen atoms in total. The minimum Gasteiger partial charge on any atom is -0.300 e. The first-order valence-electron chi connectivity index (χ1n) is 8.46. The van der Waals surface area contributed by atoms with Gasteiger partial charge in [-0.2, -0.15) is 0 Å². The van der Waals surface area contributed by atoms with E-state index in [2.05, 4.69) is 41.4 Å². The van der Waals surface area contributed by atoms with E-state index in [9.17, 15) is 0 Å². The minimum absolute atomic E-state index is 0.780. The van der Waals surface area contributed by atoms with Crippen LogP contribution in [0.25, 0.3) is 5.57 Å². The lowest BCUT2D eigenvalue weighted by Gasteiger charge is -2.26. The van der Waals surface area contributed by atoms with Gasteiger partial charge in [-0.15, -0.1) is 0 Å². The normalized spacial score (nSPS) is 22.9. The van der Waals surface area contributed by atoms with Crippen LogP contribution in [0, 0.1) is 0 Å². The van der Waals surface area contributed by atoms with Crippen LogP contribution in [0.1, 0.15) is 42.4 Å². The standard InChI is InChI=1S/C20H26N2/c1-3-16(15-21-2)18-7-6-17-8-10-20(11-9-19(17)14-18)22-12-4-5-13-22/h3,6-7,14-15,20H,1-2,4-5,8-13H2/b16-15+. The minimum atomic E-state index is 0.780. The summed E-state index contributed by atoms with van der Waals surface area (Å²) in [6, 6.07) is 7.62. The van der Waals surface area contributed by atoms with Gasteiger partial charge in [0.05, 0.1) is 0 Å². The molecule has 0 bridgehead atoms. The van der Waals surface area contributed by atoms with Gasteiger partial charge in [-0.05, 0) is 80.6 Å². The van der Waals surface area contributed by atoms with Crippen molar-refractivity contribution in [1.29, 1.82) is 0 Å². The molecule has 0 aromatic heterocycles. The lowest BCUT2D eigenvalue weighted by Crippen LogP contribution is -2.32. The molecule has 1 aromatic rings. The second kappa shape index (κ2) is 7.06. The van der Waals surface area contributed by atoms with E-state index in [1.165, 1.54) is 68.3 Å². The topological polar surface area (TPSA) is 15.6 Å². The first-order valence-corrected chi connectivity index (χ1v) is 8.46. The third-order valence-electron chi connectivity index (χ3n) is 5.14. The molecule has 1 fully saturated rings. The molecule has 0 radical (unpaired) electrons. The lowest BCUT2D eigenvalue weighted by atomic mass is 9.97. The molecular weight excluding hydrogens is 268 g/mol. The highest BCUT2D eigenvalue weighted by Crippen LogP contribution is 2.28. The van der Waals surface area contributed by atoms with Crippen LogP contribution in [-0.4, -0.2) is 30.7 Å². The van der Waals surface area contributed by atoms with Crippen molar-refractivity contribution < 1.29 is 0 Å². The maximum absolute atomic E-state index is 3.89. The van der Waals surface area contributed by atoms with Gasteiger partial charge < -0.3 is 4.90 Å². The van der Waals surface area contributed by atoms with E-state index in [1.54, 1.807) is 6.20 Å². The molecule has 116 valence electrons. The molecule has 1 aromatic carbocycles. The SMILES string of the molecule is C=C/C(=C\N=C)c1ccc2c(c1)CCC(N1CCCC1)CC2. The van der Waals surface area contributed by atoms with Crippen LogP contribution in [0.4, 0.5) is 0 Å². The Labute approximate surface area is 134 Å². The number of hydrogen-bond donors (Lipinski definition) is 0. The number of aryl methyl sites for hydroxylation is 2. The number of rotatable bonds is 4. The fraction of sp³-hybridized carbons (Fsp3) is 0.450. The van der Waals surface area contributed by atoms with Crippen molar-refractivity contribution >= 4 is 12.3 Å². The Hall–Kier alpha value is -1.67. The first kappa shape index (κ1) is 15.2. The summed E-state index contributed by atoms with van der Waals surface area (Å²) in [7, 11) is 0. The van der Waals surface area contributed by atoms with Gasteiger partial charge in [-0.1, -0.05) is 30.9 Å². The van der Waals surface area contributed by atoms with Gasteiger partial charge in [-0.25, -0.2) is 0 Å². The van der Waals surface area contributed by atoms with E-state index >= 15 is 0 Å². The number of nitrogens with zero attached hydrogens (tertiary/aromatic N) is 2. The highest BCUT2D eigenvalue weighted by molar-refractivity contribution is 5.74. The molecular formula is C20H26N2. The Morgan fingerprint density at radius 2 is 1.86 bits per heavy atom. The molecule has 2 aliphatic rings. The summed E-state index contributed by atoms with van der Waals surface area (Å²) in [5.74, 6) is 0. The summed E-state index contributed by atoms with van der Waals surface area (Å²) in [5, 5.41) is 0. The molecule has 0 spiro atoms. The average Bonchev–Trinajstić information content (AvgIpc) is 2.99. The van der Waals surface area contributed by atoms with E-state index < -0.39 is 0 Å². The van der Waals surface area contributed by atoms with Gasteiger partial charge in [-0.3, -0.25) is 4.99 Å². The second-order valence-electron chi connectivity index (χ2n) is 6.43. The Balaban J connectivity index is 1.78. The van der Waals surface area contributed by atoms with E-state index in [4.69, 9.17) is 0 Å². The van der Waals surface area contributed by atoms with Crippen molar-refractivity contribution in [2.75, 3.05) is 13.1 Å². The van der Waals surface area contributed by atoms with Crippen LogP contribution in [-0.2, 0) is 12.8 Å².